The van der Waals surface area contributed by atoms with Gasteiger partial charge in [-0.25, -0.2) is 4.90 Å². The summed E-state index contributed by atoms with van der Waals surface area (Å²) in [5.74, 6) is -1.65. The highest BCUT2D eigenvalue weighted by Gasteiger charge is 2.67. The monoisotopic (exact) mass is 463 g/mol. The summed E-state index contributed by atoms with van der Waals surface area (Å²) < 4.78 is 0.895. The lowest BCUT2D eigenvalue weighted by molar-refractivity contribution is -0.122. The number of hydrogen-bond acceptors (Lipinski definition) is 2. The maximum atomic E-state index is 13.7. The van der Waals surface area contributed by atoms with Gasteiger partial charge in [0, 0.05) is 10.4 Å². The Morgan fingerprint density at radius 2 is 1.34 bits per heavy atom. The molecule has 2 bridgehead atoms. The van der Waals surface area contributed by atoms with Crippen molar-refractivity contribution < 1.29 is 9.59 Å². The van der Waals surface area contributed by atoms with Gasteiger partial charge in [0.2, 0.25) is 11.8 Å². The van der Waals surface area contributed by atoms with E-state index in [2.05, 4.69) is 15.9 Å². The number of benzene rings is 3. The highest BCUT2D eigenvalue weighted by Crippen LogP contribution is 2.65. The van der Waals surface area contributed by atoms with Crippen LogP contribution in [-0.4, -0.2) is 11.8 Å². The molecule has 29 heavy (non-hydrogen) atoms. The van der Waals surface area contributed by atoms with Gasteiger partial charge in [-0.15, -0.1) is 11.6 Å². The van der Waals surface area contributed by atoms with Crippen LogP contribution in [0.4, 0.5) is 5.69 Å². The molecule has 2 atom stereocenters. The number of nitrogens with zero attached hydrogens (tertiary/aromatic N) is 1. The Morgan fingerprint density at radius 1 is 0.793 bits per heavy atom. The minimum atomic E-state index is -1.04. The quantitative estimate of drug-likeness (QED) is 0.367. The Morgan fingerprint density at radius 3 is 1.93 bits per heavy atom. The van der Waals surface area contributed by atoms with E-state index in [1.165, 1.54) is 4.90 Å². The highest BCUT2D eigenvalue weighted by atomic mass is 79.9. The summed E-state index contributed by atoms with van der Waals surface area (Å²) in [6, 6.07) is 23.2. The van der Waals surface area contributed by atoms with Crippen LogP contribution in [0.25, 0.3) is 0 Å². The molecular formula is C24H15BrClNO2. The third kappa shape index (κ3) is 2.03. The van der Waals surface area contributed by atoms with E-state index >= 15 is 0 Å². The largest absolute Gasteiger partial charge is 0.274 e. The standard InChI is InChI=1S/C24H15BrClNO2/c25-13-9-11-14(12-10-13)27-22(28)20-19-15-5-1-3-7-17(15)24(26,21(20)23(27)29)18-8-4-2-6-16(18)19/h1-12,19-21H. The van der Waals surface area contributed by atoms with E-state index in [1.807, 2.05) is 60.7 Å². The fourth-order valence-electron chi connectivity index (χ4n) is 5.52. The van der Waals surface area contributed by atoms with Gasteiger partial charge in [0.05, 0.1) is 17.5 Å². The molecule has 3 aliphatic carbocycles. The van der Waals surface area contributed by atoms with Gasteiger partial charge in [-0.3, -0.25) is 9.59 Å². The third-order valence-corrected chi connectivity index (χ3v) is 7.77. The van der Waals surface area contributed by atoms with Crippen molar-refractivity contribution >= 4 is 45.0 Å². The lowest BCUT2D eigenvalue weighted by Gasteiger charge is -2.50. The zero-order valence-corrected chi connectivity index (χ0v) is 17.5. The number of carbonyl (C=O) groups excluding carboxylic acids is 2. The van der Waals surface area contributed by atoms with Gasteiger partial charge in [-0.2, -0.15) is 0 Å². The van der Waals surface area contributed by atoms with E-state index in [9.17, 15) is 9.59 Å². The maximum Gasteiger partial charge on any atom is 0.240 e. The van der Waals surface area contributed by atoms with E-state index in [0.717, 1.165) is 26.7 Å². The third-order valence-electron chi connectivity index (χ3n) is 6.60. The minimum Gasteiger partial charge on any atom is -0.274 e. The summed E-state index contributed by atoms with van der Waals surface area (Å²) in [5.41, 5.74) is 4.60. The average molecular weight is 465 g/mol. The van der Waals surface area contributed by atoms with Crippen molar-refractivity contribution in [1.29, 1.82) is 0 Å². The first-order chi connectivity index (χ1) is 14.0. The number of carbonyl (C=O) groups is 2. The molecule has 1 heterocycles. The SMILES string of the molecule is O=C1C2C3c4ccccc4C(Cl)(c4ccccc43)C2C(=O)N1c1ccc(Br)cc1. The minimum absolute atomic E-state index is 0.162. The van der Waals surface area contributed by atoms with Gasteiger partial charge in [0.1, 0.15) is 4.87 Å². The molecule has 0 N–H and O–H groups in total. The normalized spacial score (nSPS) is 28.9. The van der Waals surface area contributed by atoms with E-state index in [1.54, 1.807) is 12.1 Å². The number of anilines is 1. The Bertz CT molecular complexity index is 1160. The topological polar surface area (TPSA) is 37.4 Å². The van der Waals surface area contributed by atoms with E-state index in [-0.39, 0.29) is 17.7 Å². The Balaban J connectivity index is 1.61. The van der Waals surface area contributed by atoms with Crippen LogP contribution in [-0.2, 0) is 14.5 Å². The van der Waals surface area contributed by atoms with Gasteiger partial charge in [-0.1, -0.05) is 64.5 Å². The molecule has 0 spiro atoms. The summed E-state index contributed by atoms with van der Waals surface area (Å²) in [6.45, 7) is 0. The number of hydrogen-bond donors (Lipinski definition) is 0. The van der Waals surface area contributed by atoms with Crippen LogP contribution >= 0.6 is 27.5 Å². The summed E-state index contributed by atoms with van der Waals surface area (Å²) in [6.07, 6.45) is 0. The molecule has 0 radical (unpaired) electrons. The van der Waals surface area contributed by atoms with Crippen molar-refractivity contribution in [2.24, 2.45) is 11.8 Å². The van der Waals surface area contributed by atoms with Gasteiger partial charge in [-0.05, 0) is 46.5 Å². The van der Waals surface area contributed by atoms with Crippen LogP contribution in [0.5, 0.6) is 0 Å². The van der Waals surface area contributed by atoms with E-state index in [0.29, 0.717) is 5.69 Å². The molecule has 2 amide bonds. The second kappa shape index (κ2) is 5.80. The van der Waals surface area contributed by atoms with Crippen molar-refractivity contribution in [1.82, 2.24) is 0 Å². The molecule has 5 heteroatoms. The fraction of sp³-hybridized carbons (Fsp3) is 0.167. The zero-order chi connectivity index (χ0) is 19.9. The maximum absolute atomic E-state index is 13.7. The number of alkyl halides is 1. The predicted molar refractivity (Wildman–Crippen MR) is 115 cm³/mol. The molecule has 2 unspecified atom stereocenters. The first-order valence-electron chi connectivity index (χ1n) is 9.54. The van der Waals surface area contributed by atoms with Crippen molar-refractivity contribution in [3.63, 3.8) is 0 Å². The molecule has 0 aromatic heterocycles. The van der Waals surface area contributed by atoms with E-state index in [4.69, 9.17) is 11.6 Å². The Labute approximate surface area is 181 Å². The van der Waals surface area contributed by atoms with Gasteiger partial charge in [0.15, 0.2) is 0 Å². The average Bonchev–Trinajstić information content (AvgIpc) is 3.01. The summed E-state index contributed by atoms with van der Waals surface area (Å²) in [7, 11) is 0. The van der Waals surface area contributed by atoms with Gasteiger partial charge in [0.25, 0.3) is 0 Å². The molecule has 1 fully saturated rings. The molecule has 142 valence electrons. The van der Waals surface area contributed by atoms with Crippen LogP contribution in [0.1, 0.15) is 28.2 Å². The van der Waals surface area contributed by atoms with Crippen LogP contribution in [0, 0.1) is 11.8 Å². The lowest BCUT2D eigenvalue weighted by Crippen LogP contribution is -2.50. The molecular weight excluding hydrogens is 450 g/mol. The summed E-state index contributed by atoms with van der Waals surface area (Å²) in [4.78, 5) is 27.6. The van der Waals surface area contributed by atoms with Crippen molar-refractivity contribution in [2.75, 3.05) is 4.90 Å². The van der Waals surface area contributed by atoms with Crippen LogP contribution in [0.15, 0.2) is 77.3 Å². The molecule has 1 aliphatic heterocycles. The number of amides is 2. The highest BCUT2D eigenvalue weighted by molar-refractivity contribution is 9.10. The first-order valence-corrected chi connectivity index (χ1v) is 10.7. The van der Waals surface area contributed by atoms with Crippen LogP contribution in [0.2, 0.25) is 0 Å². The lowest BCUT2D eigenvalue weighted by atomic mass is 9.54. The molecule has 3 aromatic rings. The summed E-state index contributed by atoms with van der Waals surface area (Å²) >= 11 is 10.8. The Kier molecular flexibility index (Phi) is 3.49. The predicted octanol–water partition coefficient (Wildman–Crippen LogP) is 5.20. The van der Waals surface area contributed by atoms with Crippen molar-refractivity contribution in [2.45, 2.75) is 10.8 Å². The van der Waals surface area contributed by atoms with Gasteiger partial charge < -0.3 is 0 Å². The van der Waals surface area contributed by atoms with Crippen LogP contribution < -0.4 is 4.90 Å². The first kappa shape index (κ1) is 17.4. The fourth-order valence-corrected chi connectivity index (χ4v) is 6.36. The molecule has 0 saturated carbocycles. The van der Waals surface area contributed by atoms with Crippen molar-refractivity contribution in [3.8, 4) is 0 Å². The summed E-state index contributed by atoms with van der Waals surface area (Å²) in [5, 5.41) is 0. The molecule has 3 nitrogen and oxygen atoms in total. The van der Waals surface area contributed by atoms with Crippen LogP contribution in [0.3, 0.4) is 0 Å². The molecule has 3 aromatic carbocycles. The Hall–Kier alpha value is -2.43. The second-order valence-corrected chi connectivity index (χ2v) is 9.37. The molecule has 4 aliphatic rings. The number of imide groups is 1. The van der Waals surface area contributed by atoms with Gasteiger partial charge >= 0.3 is 0 Å². The smallest absolute Gasteiger partial charge is 0.240 e. The van der Waals surface area contributed by atoms with Crippen molar-refractivity contribution in [3.05, 3.63) is 99.5 Å². The van der Waals surface area contributed by atoms with E-state index < -0.39 is 16.7 Å². The number of halogens is 2. The molecule has 1 saturated heterocycles. The number of rotatable bonds is 1. The molecule has 7 rings (SSSR count). The second-order valence-electron chi connectivity index (χ2n) is 7.86. The zero-order valence-electron chi connectivity index (χ0n) is 15.2.